The second-order valence-corrected chi connectivity index (χ2v) is 5.15. The Kier molecular flexibility index (Phi) is 2.61. The molecule has 0 amide bonds. The van der Waals surface area contributed by atoms with E-state index in [-0.39, 0.29) is 6.04 Å². The second kappa shape index (κ2) is 3.98. The van der Waals surface area contributed by atoms with Crippen LogP contribution in [0.3, 0.4) is 0 Å². The van der Waals surface area contributed by atoms with Crippen LogP contribution in [0.4, 0.5) is 5.69 Å². The molecule has 2 aliphatic heterocycles. The molecule has 1 aromatic heterocycles. The van der Waals surface area contributed by atoms with Gasteiger partial charge in [-0.2, -0.15) is 0 Å². The van der Waals surface area contributed by atoms with Gasteiger partial charge in [-0.1, -0.05) is 0 Å². The Balaban J connectivity index is 2.05. The lowest BCUT2D eigenvalue weighted by Gasteiger charge is -2.42. The van der Waals surface area contributed by atoms with E-state index >= 15 is 0 Å². The third kappa shape index (κ3) is 1.63. The van der Waals surface area contributed by atoms with Crippen molar-refractivity contribution in [2.24, 2.45) is 0 Å². The number of nitrogens with zero attached hydrogens (tertiary/aromatic N) is 2. The summed E-state index contributed by atoms with van der Waals surface area (Å²) in [5, 5.41) is 10.0. The van der Waals surface area contributed by atoms with Crippen LogP contribution in [0, 0.1) is 0 Å². The summed E-state index contributed by atoms with van der Waals surface area (Å²) >= 11 is 3.42. The summed E-state index contributed by atoms with van der Waals surface area (Å²) in [6.45, 7) is 2.32. The zero-order valence-corrected chi connectivity index (χ0v) is 10.4. The maximum absolute atomic E-state index is 10.0. The lowest BCUT2D eigenvalue weighted by atomic mass is 9.97. The Hall–Kier alpha value is -0.650. The normalized spacial score (nSPS) is 28.5. The fraction of sp³-hybridized carbons (Fsp3) is 0.545. The van der Waals surface area contributed by atoms with Gasteiger partial charge in [-0.05, 0) is 22.0 Å². The highest BCUT2D eigenvalue weighted by Crippen LogP contribution is 2.37. The quantitative estimate of drug-likeness (QED) is 0.784. The Morgan fingerprint density at radius 2 is 2.44 bits per heavy atom. The average molecular weight is 285 g/mol. The molecule has 16 heavy (non-hydrogen) atoms. The zero-order valence-electron chi connectivity index (χ0n) is 8.77. The van der Waals surface area contributed by atoms with E-state index in [4.69, 9.17) is 4.74 Å². The molecule has 0 aliphatic carbocycles. The van der Waals surface area contributed by atoms with Crippen molar-refractivity contribution in [2.75, 3.05) is 24.7 Å². The molecule has 0 saturated carbocycles. The minimum Gasteiger partial charge on any atom is -0.387 e. The highest BCUT2D eigenvalue weighted by molar-refractivity contribution is 9.10. The van der Waals surface area contributed by atoms with Gasteiger partial charge in [-0.25, -0.2) is 0 Å². The Morgan fingerprint density at radius 3 is 3.31 bits per heavy atom. The lowest BCUT2D eigenvalue weighted by molar-refractivity contribution is 0.0596. The van der Waals surface area contributed by atoms with Crippen molar-refractivity contribution in [2.45, 2.75) is 18.6 Å². The third-order valence-electron chi connectivity index (χ3n) is 3.21. The number of ether oxygens (including phenoxy) is 1. The van der Waals surface area contributed by atoms with Gasteiger partial charge in [0.15, 0.2) is 0 Å². The summed E-state index contributed by atoms with van der Waals surface area (Å²) < 4.78 is 6.40. The van der Waals surface area contributed by atoms with Gasteiger partial charge < -0.3 is 14.7 Å². The van der Waals surface area contributed by atoms with Gasteiger partial charge in [0.05, 0.1) is 30.6 Å². The molecular weight excluding hydrogens is 272 g/mol. The van der Waals surface area contributed by atoms with Crippen LogP contribution in [0.2, 0.25) is 0 Å². The molecule has 1 N–H and O–H groups in total. The first-order chi connectivity index (χ1) is 7.75. The van der Waals surface area contributed by atoms with Crippen molar-refractivity contribution in [3.63, 3.8) is 0 Å². The third-order valence-corrected chi connectivity index (χ3v) is 3.65. The fourth-order valence-electron chi connectivity index (χ4n) is 2.46. The molecule has 86 valence electrons. The number of aliphatic hydroxyl groups is 1. The molecule has 0 radical (unpaired) electrons. The van der Waals surface area contributed by atoms with E-state index in [1.54, 1.807) is 6.20 Å². The average Bonchev–Trinajstić information content (AvgIpc) is 2.29. The van der Waals surface area contributed by atoms with Crippen molar-refractivity contribution in [3.8, 4) is 0 Å². The summed E-state index contributed by atoms with van der Waals surface area (Å²) in [5.41, 5.74) is 1.84. The number of aromatic nitrogens is 1. The lowest BCUT2D eigenvalue weighted by Crippen LogP contribution is -2.49. The summed E-state index contributed by atoms with van der Waals surface area (Å²) in [5.74, 6) is 0. The summed E-state index contributed by atoms with van der Waals surface area (Å²) in [6.07, 6.45) is 1.98. The summed E-state index contributed by atoms with van der Waals surface area (Å²) in [7, 11) is 0. The first kappa shape index (κ1) is 10.5. The van der Waals surface area contributed by atoms with Crippen molar-refractivity contribution in [1.29, 1.82) is 0 Å². The van der Waals surface area contributed by atoms with Crippen LogP contribution in [-0.2, 0) is 4.74 Å². The van der Waals surface area contributed by atoms with Crippen LogP contribution in [0.25, 0.3) is 0 Å². The van der Waals surface area contributed by atoms with E-state index in [0.29, 0.717) is 13.0 Å². The summed E-state index contributed by atoms with van der Waals surface area (Å²) in [6, 6.07) is 2.32. The van der Waals surface area contributed by atoms with E-state index in [1.165, 1.54) is 0 Å². The maximum atomic E-state index is 10.0. The molecule has 1 fully saturated rings. The van der Waals surface area contributed by atoms with Crippen LogP contribution in [0.1, 0.15) is 18.2 Å². The van der Waals surface area contributed by atoms with Gasteiger partial charge in [0.2, 0.25) is 0 Å². The molecule has 4 nitrogen and oxygen atoms in total. The number of aliphatic hydroxyl groups excluding tert-OH is 1. The standard InChI is InChI=1S/C11H13BrN2O2/c12-7-3-9-11(13-5-7)10(15)4-8-6-16-2-1-14(8)9/h3,5,8,10,15H,1-2,4,6H2/t8-,10+/m1/s1. The van der Waals surface area contributed by atoms with Gasteiger partial charge in [0, 0.05) is 23.6 Å². The van der Waals surface area contributed by atoms with Crippen LogP contribution >= 0.6 is 15.9 Å². The van der Waals surface area contributed by atoms with Crippen molar-refractivity contribution < 1.29 is 9.84 Å². The van der Waals surface area contributed by atoms with E-state index in [1.807, 2.05) is 6.07 Å². The number of rotatable bonds is 0. The number of halogens is 1. The number of morpholine rings is 1. The molecule has 2 atom stereocenters. The van der Waals surface area contributed by atoms with E-state index in [0.717, 1.165) is 29.0 Å². The molecular formula is C11H13BrN2O2. The van der Waals surface area contributed by atoms with Gasteiger partial charge in [-0.15, -0.1) is 0 Å². The van der Waals surface area contributed by atoms with E-state index in [9.17, 15) is 5.11 Å². The van der Waals surface area contributed by atoms with Gasteiger partial charge in [0.1, 0.15) is 6.10 Å². The number of anilines is 1. The van der Waals surface area contributed by atoms with E-state index < -0.39 is 6.10 Å². The molecule has 0 aromatic carbocycles. The molecule has 1 aromatic rings. The van der Waals surface area contributed by atoms with Gasteiger partial charge >= 0.3 is 0 Å². The highest BCUT2D eigenvalue weighted by Gasteiger charge is 2.34. The second-order valence-electron chi connectivity index (χ2n) is 4.23. The van der Waals surface area contributed by atoms with Crippen molar-refractivity contribution in [3.05, 3.63) is 22.4 Å². The fourth-order valence-corrected chi connectivity index (χ4v) is 2.78. The number of hydrogen-bond acceptors (Lipinski definition) is 4. The molecule has 2 aliphatic rings. The molecule has 3 heterocycles. The number of pyridine rings is 1. The summed E-state index contributed by atoms with van der Waals surface area (Å²) in [4.78, 5) is 6.61. The van der Waals surface area contributed by atoms with Gasteiger partial charge in [-0.3, -0.25) is 4.98 Å². The van der Waals surface area contributed by atoms with Crippen molar-refractivity contribution >= 4 is 21.6 Å². The largest absolute Gasteiger partial charge is 0.387 e. The van der Waals surface area contributed by atoms with Gasteiger partial charge in [0.25, 0.3) is 0 Å². The molecule has 0 bridgehead atoms. The highest BCUT2D eigenvalue weighted by atomic mass is 79.9. The Labute approximate surface area is 102 Å². The molecule has 5 heteroatoms. The predicted molar refractivity (Wildman–Crippen MR) is 63.5 cm³/mol. The number of hydrogen-bond donors (Lipinski definition) is 1. The van der Waals surface area contributed by atoms with Crippen LogP contribution in [0.15, 0.2) is 16.7 Å². The minimum absolute atomic E-state index is 0.285. The first-order valence-corrected chi connectivity index (χ1v) is 6.23. The maximum Gasteiger partial charge on any atom is 0.100 e. The predicted octanol–water partition coefficient (Wildman–Crippen LogP) is 1.49. The van der Waals surface area contributed by atoms with Crippen LogP contribution < -0.4 is 4.90 Å². The Morgan fingerprint density at radius 1 is 1.56 bits per heavy atom. The SMILES string of the molecule is O[C@H]1C[C@@H]2COCCN2c2cc(Br)cnc21. The molecule has 1 saturated heterocycles. The van der Waals surface area contributed by atoms with Crippen LogP contribution in [0.5, 0.6) is 0 Å². The van der Waals surface area contributed by atoms with Crippen molar-refractivity contribution in [1.82, 2.24) is 4.98 Å². The van der Waals surface area contributed by atoms with Crippen LogP contribution in [-0.4, -0.2) is 35.9 Å². The Bertz CT molecular complexity index is 413. The molecule has 3 rings (SSSR count). The first-order valence-electron chi connectivity index (χ1n) is 5.43. The molecule has 0 spiro atoms. The number of fused-ring (bicyclic) bond motifs is 3. The smallest absolute Gasteiger partial charge is 0.100 e. The zero-order chi connectivity index (χ0) is 11.1. The topological polar surface area (TPSA) is 45.6 Å². The minimum atomic E-state index is -0.467. The van der Waals surface area contributed by atoms with E-state index in [2.05, 4.69) is 25.8 Å². The molecule has 0 unspecified atom stereocenters. The monoisotopic (exact) mass is 284 g/mol.